The zero-order valence-corrected chi connectivity index (χ0v) is 14.7. The number of nitrogens with one attached hydrogen (secondary N) is 1. The fourth-order valence-corrected chi connectivity index (χ4v) is 2.33. The smallest absolute Gasteiger partial charge is 0.240 e. The van der Waals surface area contributed by atoms with Crippen LogP contribution in [0.5, 0.6) is 5.75 Å². The maximum Gasteiger partial charge on any atom is 0.240 e. The van der Waals surface area contributed by atoms with Crippen LogP contribution in [0.2, 0.25) is 0 Å². The molecule has 2 aromatic rings. The minimum Gasteiger partial charge on any atom is -0.497 e. The number of likely N-dealkylation sites (N-methyl/N-ethyl adjacent to an activating group) is 2. The van der Waals surface area contributed by atoms with Crippen molar-refractivity contribution in [3.63, 3.8) is 0 Å². The van der Waals surface area contributed by atoms with Crippen molar-refractivity contribution in [3.8, 4) is 5.75 Å². The summed E-state index contributed by atoms with van der Waals surface area (Å²) in [6.07, 6.45) is 0. The molecule has 6 nitrogen and oxygen atoms in total. The van der Waals surface area contributed by atoms with E-state index in [1.165, 1.54) is 0 Å². The van der Waals surface area contributed by atoms with Gasteiger partial charge in [0, 0.05) is 24.5 Å². The molecule has 0 bridgehead atoms. The van der Waals surface area contributed by atoms with Crippen molar-refractivity contribution in [2.75, 3.05) is 44.5 Å². The maximum atomic E-state index is 12.3. The monoisotopic (exact) mass is 341 g/mol. The molecule has 0 aromatic heterocycles. The fourth-order valence-electron chi connectivity index (χ4n) is 2.33. The highest BCUT2D eigenvalue weighted by atomic mass is 16.5. The molecule has 0 saturated carbocycles. The van der Waals surface area contributed by atoms with E-state index in [9.17, 15) is 9.59 Å². The van der Waals surface area contributed by atoms with E-state index in [4.69, 9.17) is 4.74 Å². The summed E-state index contributed by atoms with van der Waals surface area (Å²) in [4.78, 5) is 27.7. The van der Waals surface area contributed by atoms with Crippen LogP contribution in [0.1, 0.15) is 0 Å². The average Bonchev–Trinajstić information content (AvgIpc) is 2.61. The fraction of sp³-hybridized carbons (Fsp3) is 0.263. The zero-order valence-electron chi connectivity index (χ0n) is 14.7. The van der Waals surface area contributed by atoms with Gasteiger partial charge in [-0.3, -0.25) is 14.5 Å². The second-order valence-corrected chi connectivity index (χ2v) is 5.74. The molecular weight excluding hydrogens is 318 g/mol. The zero-order chi connectivity index (χ0) is 18.2. The molecule has 0 unspecified atom stereocenters. The lowest BCUT2D eigenvalue weighted by atomic mass is 10.3. The Hall–Kier alpha value is -2.86. The Bertz CT molecular complexity index is 719. The molecule has 2 rings (SSSR count). The number of carbonyl (C=O) groups excluding carboxylic acids is 2. The molecule has 2 aromatic carbocycles. The van der Waals surface area contributed by atoms with Crippen LogP contribution >= 0.6 is 0 Å². The lowest BCUT2D eigenvalue weighted by Gasteiger charge is -2.21. The van der Waals surface area contributed by atoms with Gasteiger partial charge in [0.1, 0.15) is 5.75 Å². The number of hydrogen-bond donors (Lipinski definition) is 1. The summed E-state index contributed by atoms with van der Waals surface area (Å²) in [5, 5.41) is 2.80. The largest absolute Gasteiger partial charge is 0.497 e. The number of methoxy groups -OCH3 is 1. The Morgan fingerprint density at radius 1 is 1.00 bits per heavy atom. The molecule has 0 heterocycles. The molecule has 0 aliphatic heterocycles. The summed E-state index contributed by atoms with van der Waals surface area (Å²) in [6.45, 7) is 0.266. The molecule has 0 spiro atoms. The van der Waals surface area contributed by atoms with Gasteiger partial charge in [0.15, 0.2) is 0 Å². The summed E-state index contributed by atoms with van der Waals surface area (Å²) in [5.74, 6) is 0.402. The number of rotatable bonds is 7. The molecule has 132 valence electrons. The third-order valence-electron chi connectivity index (χ3n) is 3.69. The Kier molecular flexibility index (Phi) is 6.54. The van der Waals surface area contributed by atoms with E-state index >= 15 is 0 Å². The molecule has 0 aliphatic carbocycles. The van der Waals surface area contributed by atoms with Crippen molar-refractivity contribution in [2.24, 2.45) is 0 Å². The van der Waals surface area contributed by atoms with Crippen LogP contribution in [0.3, 0.4) is 0 Å². The van der Waals surface area contributed by atoms with Gasteiger partial charge in [0.25, 0.3) is 0 Å². The van der Waals surface area contributed by atoms with Gasteiger partial charge in [-0.1, -0.05) is 24.3 Å². The predicted octanol–water partition coefficient (Wildman–Crippen LogP) is 2.23. The first-order valence-electron chi connectivity index (χ1n) is 7.93. The van der Waals surface area contributed by atoms with Gasteiger partial charge in [-0.15, -0.1) is 0 Å². The molecule has 25 heavy (non-hydrogen) atoms. The van der Waals surface area contributed by atoms with Crippen molar-refractivity contribution in [2.45, 2.75) is 0 Å². The number of benzene rings is 2. The minimum absolute atomic E-state index is 0.0807. The summed E-state index contributed by atoms with van der Waals surface area (Å²) in [6, 6.07) is 16.5. The molecule has 1 N–H and O–H groups in total. The number of para-hydroxylation sites is 1. The van der Waals surface area contributed by atoms with E-state index in [-0.39, 0.29) is 24.9 Å². The summed E-state index contributed by atoms with van der Waals surface area (Å²) < 4.78 is 5.13. The van der Waals surface area contributed by atoms with Gasteiger partial charge in [0.2, 0.25) is 11.8 Å². The predicted molar refractivity (Wildman–Crippen MR) is 99.0 cm³/mol. The minimum atomic E-state index is -0.189. The highest BCUT2D eigenvalue weighted by Gasteiger charge is 2.15. The number of nitrogens with zero attached hydrogens (tertiary/aromatic N) is 2. The average molecular weight is 341 g/mol. The Balaban J connectivity index is 1.85. The lowest BCUT2D eigenvalue weighted by molar-refractivity contribution is -0.120. The van der Waals surface area contributed by atoms with Gasteiger partial charge in [-0.05, 0) is 31.3 Å². The first kappa shape index (κ1) is 18.5. The van der Waals surface area contributed by atoms with Crippen molar-refractivity contribution >= 4 is 23.2 Å². The third kappa shape index (κ3) is 5.61. The highest BCUT2D eigenvalue weighted by Crippen LogP contribution is 2.16. The third-order valence-corrected chi connectivity index (χ3v) is 3.69. The van der Waals surface area contributed by atoms with E-state index in [2.05, 4.69) is 5.32 Å². The molecule has 0 aliphatic rings. The first-order chi connectivity index (χ1) is 12.0. The Labute approximate surface area is 148 Å². The number of ether oxygens (including phenoxy) is 1. The highest BCUT2D eigenvalue weighted by molar-refractivity contribution is 5.95. The molecule has 6 heteroatoms. The van der Waals surface area contributed by atoms with Crippen molar-refractivity contribution in [1.82, 2.24) is 4.90 Å². The molecule has 2 amide bonds. The normalized spacial score (nSPS) is 10.4. The lowest BCUT2D eigenvalue weighted by Crippen LogP contribution is -2.39. The Morgan fingerprint density at radius 3 is 2.40 bits per heavy atom. The van der Waals surface area contributed by atoms with Crippen LogP contribution in [0.15, 0.2) is 54.6 Å². The molecule has 0 fully saturated rings. The van der Waals surface area contributed by atoms with Crippen LogP contribution in [0, 0.1) is 0 Å². The van der Waals surface area contributed by atoms with E-state index in [1.807, 2.05) is 30.3 Å². The summed E-state index contributed by atoms with van der Waals surface area (Å²) in [5.41, 5.74) is 1.48. The second-order valence-electron chi connectivity index (χ2n) is 5.74. The van der Waals surface area contributed by atoms with Gasteiger partial charge >= 0.3 is 0 Å². The first-order valence-corrected chi connectivity index (χ1v) is 7.93. The standard InChI is InChI=1S/C19H23N3O3/c1-21(14-19(24)22(2)16-9-5-4-6-10-16)13-18(23)20-15-8-7-11-17(12-15)25-3/h4-12H,13-14H2,1-3H3,(H,20,23). The quantitative estimate of drug-likeness (QED) is 0.839. The van der Waals surface area contributed by atoms with Gasteiger partial charge in [0.05, 0.1) is 20.2 Å². The Morgan fingerprint density at radius 2 is 1.72 bits per heavy atom. The van der Waals surface area contributed by atoms with E-state index in [0.29, 0.717) is 11.4 Å². The van der Waals surface area contributed by atoms with E-state index in [1.54, 1.807) is 55.3 Å². The van der Waals surface area contributed by atoms with Crippen LogP contribution in [-0.4, -0.2) is 51.0 Å². The number of anilines is 2. The summed E-state index contributed by atoms with van der Waals surface area (Å²) in [7, 11) is 5.03. The van der Waals surface area contributed by atoms with E-state index in [0.717, 1.165) is 5.69 Å². The SMILES string of the molecule is COc1cccc(NC(=O)CN(C)CC(=O)N(C)c2ccccc2)c1. The van der Waals surface area contributed by atoms with Gasteiger partial charge in [-0.2, -0.15) is 0 Å². The molecule has 0 atom stereocenters. The molecule has 0 saturated heterocycles. The van der Waals surface area contributed by atoms with Crippen molar-refractivity contribution in [1.29, 1.82) is 0 Å². The van der Waals surface area contributed by atoms with Gasteiger partial charge < -0.3 is 15.0 Å². The van der Waals surface area contributed by atoms with Crippen LogP contribution in [-0.2, 0) is 9.59 Å². The number of amides is 2. The topological polar surface area (TPSA) is 61.9 Å². The molecular formula is C19H23N3O3. The van der Waals surface area contributed by atoms with E-state index < -0.39 is 0 Å². The maximum absolute atomic E-state index is 12.3. The van der Waals surface area contributed by atoms with Crippen molar-refractivity contribution in [3.05, 3.63) is 54.6 Å². The summed E-state index contributed by atoms with van der Waals surface area (Å²) >= 11 is 0. The van der Waals surface area contributed by atoms with Crippen LogP contribution in [0.25, 0.3) is 0 Å². The second kappa shape index (κ2) is 8.84. The molecule has 0 radical (unpaired) electrons. The van der Waals surface area contributed by atoms with Crippen molar-refractivity contribution < 1.29 is 14.3 Å². The number of carbonyl (C=O) groups is 2. The van der Waals surface area contributed by atoms with Gasteiger partial charge in [-0.25, -0.2) is 0 Å². The van der Waals surface area contributed by atoms with Crippen LogP contribution < -0.4 is 15.0 Å². The van der Waals surface area contributed by atoms with Crippen LogP contribution in [0.4, 0.5) is 11.4 Å². The number of hydrogen-bond acceptors (Lipinski definition) is 4.